The Morgan fingerprint density at radius 3 is 1.75 bits per heavy atom. The van der Waals surface area contributed by atoms with Gasteiger partial charge in [-0.05, 0) is 85.4 Å². The summed E-state index contributed by atoms with van der Waals surface area (Å²) in [7, 11) is 0. The molecule has 0 amide bonds. The average molecular weight is 666 g/mol. The van der Waals surface area contributed by atoms with E-state index in [9.17, 15) is 5.48 Å². The van der Waals surface area contributed by atoms with Crippen molar-refractivity contribution >= 4 is 38.6 Å². The third kappa shape index (κ3) is 4.63. The average Bonchev–Trinajstić information content (AvgIpc) is 3.56. The lowest BCUT2D eigenvalue weighted by Gasteiger charge is -2.34. The van der Waals surface area contributed by atoms with Crippen molar-refractivity contribution in [2.45, 2.75) is 5.41 Å². The molecule has 1 heteroatoms. The highest BCUT2D eigenvalue weighted by molar-refractivity contribution is 6.03. The summed E-state index contributed by atoms with van der Waals surface area (Å²) in [5, 5.41) is 3.97. The first kappa shape index (κ1) is 26.2. The van der Waals surface area contributed by atoms with Crippen molar-refractivity contribution in [3.05, 3.63) is 234 Å². The number of nitrogens with zero attached hydrogens (tertiary/aromatic N) is 1. The lowest BCUT2D eigenvalue weighted by molar-refractivity contribution is 0.768. The first-order valence-corrected chi connectivity index (χ1v) is 17.7. The second kappa shape index (κ2) is 12.3. The van der Waals surface area contributed by atoms with Crippen LogP contribution in [0, 0.1) is 0 Å². The number of fused-ring (bicyclic) bond motifs is 5. The molecule has 0 saturated carbocycles. The first-order chi connectivity index (χ1) is 27.5. The quantitative estimate of drug-likeness (QED) is 0.171. The van der Waals surface area contributed by atoms with E-state index in [2.05, 4.69) is 109 Å². The van der Waals surface area contributed by atoms with Crippen LogP contribution < -0.4 is 4.90 Å². The summed E-state index contributed by atoms with van der Waals surface area (Å²) in [5.74, 6) is 0. The Labute approximate surface area is 310 Å². The highest BCUT2D eigenvalue weighted by Gasteiger charge is 2.47. The molecule has 9 aromatic rings. The van der Waals surface area contributed by atoms with E-state index in [0.717, 1.165) is 66.3 Å². The van der Waals surface area contributed by atoms with Crippen LogP contribution in [0.3, 0.4) is 0 Å². The predicted octanol–water partition coefficient (Wildman–Crippen LogP) is 13.5. The standard InChI is InChI=1S/C51H35N/c1-3-19-41(20-4-1)51(42-21-5-2-6-22-42)46-25-12-11-24-45(46)50-47(51)26-14-28-49(50)52(48-27-13-18-38-16-9-10-23-44(38)48)43-33-31-37(32-34-43)40-30-29-36-15-7-8-17-39(36)35-40/h1-35H/i31D,32D,33D,34D. The van der Waals surface area contributed by atoms with E-state index in [4.69, 9.17) is 0 Å². The van der Waals surface area contributed by atoms with Gasteiger partial charge in [0, 0.05) is 16.6 Å². The molecule has 0 spiro atoms. The molecule has 0 atom stereocenters. The van der Waals surface area contributed by atoms with Gasteiger partial charge in [0.25, 0.3) is 0 Å². The highest BCUT2D eigenvalue weighted by atomic mass is 15.1. The molecule has 0 aliphatic heterocycles. The molecule has 0 fully saturated rings. The first-order valence-electron chi connectivity index (χ1n) is 19.7. The Morgan fingerprint density at radius 2 is 0.981 bits per heavy atom. The molecule has 1 aliphatic rings. The van der Waals surface area contributed by atoms with Crippen molar-refractivity contribution in [2.75, 3.05) is 4.90 Å². The van der Waals surface area contributed by atoms with E-state index in [1.54, 1.807) is 0 Å². The van der Waals surface area contributed by atoms with Gasteiger partial charge >= 0.3 is 0 Å². The molecule has 9 aromatic carbocycles. The van der Waals surface area contributed by atoms with Crippen LogP contribution in [0.15, 0.2) is 212 Å². The van der Waals surface area contributed by atoms with Gasteiger partial charge in [0.2, 0.25) is 0 Å². The Kier molecular flexibility index (Phi) is 6.17. The van der Waals surface area contributed by atoms with Crippen LogP contribution in [0.4, 0.5) is 17.1 Å². The van der Waals surface area contributed by atoms with Gasteiger partial charge in [-0.25, -0.2) is 0 Å². The van der Waals surface area contributed by atoms with Crippen LogP contribution in [-0.2, 0) is 5.41 Å². The van der Waals surface area contributed by atoms with Gasteiger partial charge in [-0.15, -0.1) is 0 Å². The molecule has 1 nitrogen and oxygen atoms in total. The van der Waals surface area contributed by atoms with E-state index in [1.165, 1.54) is 0 Å². The summed E-state index contributed by atoms with van der Waals surface area (Å²) < 4.78 is 38.6. The van der Waals surface area contributed by atoms with Crippen molar-refractivity contribution < 1.29 is 5.48 Å². The zero-order chi connectivity index (χ0) is 38.0. The number of hydrogen-bond donors (Lipinski definition) is 0. The van der Waals surface area contributed by atoms with Crippen LogP contribution in [-0.4, -0.2) is 0 Å². The van der Waals surface area contributed by atoms with E-state index < -0.39 is 5.41 Å². The zero-order valence-corrected chi connectivity index (χ0v) is 28.3. The SMILES string of the molecule is [2H]c1c([2H])c(N(c2cccc3c2-c2ccccc2C3(c2ccccc2)c2ccccc2)c2cccc3ccccc23)c([2H])c([2H])c1-c1ccc2ccccc2c1. The number of anilines is 3. The van der Waals surface area contributed by atoms with E-state index in [1.807, 2.05) is 83.8 Å². The smallest absolute Gasteiger partial charge is 0.0714 e. The molecular formula is C51H35N. The molecule has 0 heterocycles. The lowest BCUT2D eigenvalue weighted by atomic mass is 9.68. The van der Waals surface area contributed by atoms with E-state index in [-0.39, 0.29) is 35.4 Å². The minimum absolute atomic E-state index is 0.0857. The van der Waals surface area contributed by atoms with Gasteiger partial charge in [0.1, 0.15) is 0 Å². The molecule has 0 unspecified atom stereocenters. The van der Waals surface area contributed by atoms with Crippen molar-refractivity contribution in [1.82, 2.24) is 0 Å². The molecule has 10 rings (SSSR count). The van der Waals surface area contributed by atoms with Crippen molar-refractivity contribution in [3.63, 3.8) is 0 Å². The number of rotatable bonds is 6. The predicted molar refractivity (Wildman–Crippen MR) is 219 cm³/mol. The van der Waals surface area contributed by atoms with Gasteiger partial charge in [0.15, 0.2) is 0 Å². The Bertz CT molecular complexity index is 2900. The maximum atomic E-state index is 9.78. The van der Waals surface area contributed by atoms with Crippen LogP contribution in [0.5, 0.6) is 0 Å². The second-order valence-corrected chi connectivity index (χ2v) is 13.3. The Balaban J connectivity index is 1.31. The Hall–Kier alpha value is -6.70. The van der Waals surface area contributed by atoms with Gasteiger partial charge in [0.05, 0.1) is 22.3 Å². The van der Waals surface area contributed by atoms with Crippen molar-refractivity contribution in [1.29, 1.82) is 0 Å². The van der Waals surface area contributed by atoms with Crippen molar-refractivity contribution in [3.8, 4) is 22.3 Å². The zero-order valence-electron chi connectivity index (χ0n) is 32.3. The molecule has 0 aromatic heterocycles. The summed E-state index contributed by atoms with van der Waals surface area (Å²) in [5.41, 5.74) is 8.55. The minimum Gasteiger partial charge on any atom is -0.309 e. The van der Waals surface area contributed by atoms with Crippen LogP contribution in [0.1, 0.15) is 27.7 Å². The molecule has 0 N–H and O–H groups in total. The molecule has 1 aliphatic carbocycles. The van der Waals surface area contributed by atoms with Crippen LogP contribution >= 0.6 is 0 Å². The van der Waals surface area contributed by atoms with Crippen LogP contribution in [0.25, 0.3) is 43.8 Å². The van der Waals surface area contributed by atoms with Gasteiger partial charge in [-0.1, -0.05) is 182 Å². The van der Waals surface area contributed by atoms with Gasteiger partial charge < -0.3 is 4.90 Å². The summed E-state index contributed by atoms with van der Waals surface area (Å²) >= 11 is 0. The molecule has 52 heavy (non-hydrogen) atoms. The van der Waals surface area contributed by atoms with Gasteiger partial charge in [-0.2, -0.15) is 0 Å². The van der Waals surface area contributed by atoms with Crippen LogP contribution in [0.2, 0.25) is 0 Å². The third-order valence-corrected chi connectivity index (χ3v) is 10.6. The minimum atomic E-state index is -0.663. The Morgan fingerprint density at radius 1 is 0.404 bits per heavy atom. The third-order valence-electron chi connectivity index (χ3n) is 10.6. The fourth-order valence-corrected chi connectivity index (χ4v) is 8.34. The molecule has 0 radical (unpaired) electrons. The summed E-state index contributed by atoms with van der Waals surface area (Å²) in [6.45, 7) is 0. The summed E-state index contributed by atoms with van der Waals surface area (Å²) in [6.07, 6.45) is 0. The van der Waals surface area contributed by atoms with E-state index in [0.29, 0.717) is 5.56 Å². The fourth-order valence-electron chi connectivity index (χ4n) is 8.34. The summed E-state index contributed by atoms with van der Waals surface area (Å²) in [6, 6.07) is 63.8. The van der Waals surface area contributed by atoms with E-state index >= 15 is 0 Å². The topological polar surface area (TPSA) is 3.24 Å². The molecule has 244 valence electrons. The largest absolute Gasteiger partial charge is 0.309 e. The summed E-state index contributed by atoms with van der Waals surface area (Å²) in [4.78, 5) is 1.98. The maximum absolute atomic E-state index is 9.78. The highest BCUT2D eigenvalue weighted by Crippen LogP contribution is 2.59. The molecule has 0 saturated heterocycles. The lowest BCUT2D eigenvalue weighted by Crippen LogP contribution is -2.28. The monoisotopic (exact) mass is 665 g/mol. The number of benzene rings is 9. The van der Waals surface area contributed by atoms with Gasteiger partial charge in [-0.3, -0.25) is 0 Å². The normalized spacial score (nSPS) is 13.8. The fraction of sp³-hybridized carbons (Fsp3) is 0.0196. The second-order valence-electron chi connectivity index (χ2n) is 13.3. The maximum Gasteiger partial charge on any atom is 0.0714 e. The number of hydrogen-bond acceptors (Lipinski definition) is 1. The molecule has 0 bridgehead atoms. The van der Waals surface area contributed by atoms with Crippen molar-refractivity contribution in [2.24, 2.45) is 0 Å². The molecular weight excluding hydrogens is 627 g/mol.